The summed E-state index contributed by atoms with van der Waals surface area (Å²) in [7, 11) is 1.53. The summed E-state index contributed by atoms with van der Waals surface area (Å²) in [6, 6.07) is 17.6. The maximum atomic E-state index is 9.89. The summed E-state index contributed by atoms with van der Waals surface area (Å²) in [4.78, 5) is 4.94. The number of hydrogen-bond acceptors (Lipinski definition) is 5. The van der Waals surface area contributed by atoms with Crippen molar-refractivity contribution in [1.29, 1.82) is 0 Å². The third-order valence-electron chi connectivity index (χ3n) is 5.26. The van der Waals surface area contributed by atoms with Crippen molar-refractivity contribution in [3.8, 4) is 5.75 Å². The third kappa shape index (κ3) is 4.61. The van der Waals surface area contributed by atoms with Crippen molar-refractivity contribution < 1.29 is 19.4 Å². The second-order valence-corrected chi connectivity index (χ2v) is 7.14. The van der Waals surface area contributed by atoms with Crippen LogP contribution in [0.2, 0.25) is 0 Å². The zero-order chi connectivity index (χ0) is 20.0. The van der Waals surface area contributed by atoms with Gasteiger partial charge in [-0.3, -0.25) is 0 Å². The zero-order valence-corrected chi connectivity index (χ0v) is 16.5. The molecular weight excluding hydrogens is 354 g/mol. The van der Waals surface area contributed by atoms with Gasteiger partial charge in [-0.25, -0.2) is 0 Å². The average molecular weight is 381 g/mol. The summed E-state index contributed by atoms with van der Waals surface area (Å²) in [5.74, 6) is 0.751. The Hall–Kier alpha value is -2.63. The van der Waals surface area contributed by atoms with Crippen molar-refractivity contribution >= 4 is 5.71 Å². The standard InChI is InChI=1S/C23H27NO4/c1-17(23(2)14-13-22(23)25)27-15-18-9-11-20(12-10-18)28-16-21(24-26-3)19-7-5-4-6-8-19/h4-14,17,22,25H,15-16H2,1-3H3/b24-21+/t17-,22?,23-/m0/s1. The topological polar surface area (TPSA) is 60.3 Å². The first-order valence-electron chi connectivity index (χ1n) is 9.39. The van der Waals surface area contributed by atoms with Crippen LogP contribution < -0.4 is 4.74 Å². The first kappa shape index (κ1) is 20.1. The zero-order valence-electron chi connectivity index (χ0n) is 16.5. The lowest BCUT2D eigenvalue weighted by Crippen LogP contribution is -2.45. The highest BCUT2D eigenvalue weighted by molar-refractivity contribution is 6.01. The Labute approximate surface area is 166 Å². The molecule has 2 aromatic carbocycles. The van der Waals surface area contributed by atoms with Gasteiger partial charge in [0.2, 0.25) is 0 Å². The van der Waals surface area contributed by atoms with Gasteiger partial charge in [0, 0.05) is 11.0 Å². The van der Waals surface area contributed by atoms with Crippen LogP contribution in [0.15, 0.2) is 71.9 Å². The summed E-state index contributed by atoms with van der Waals surface area (Å²) in [5, 5.41) is 14.0. The molecule has 0 fully saturated rings. The van der Waals surface area contributed by atoms with E-state index in [0.29, 0.717) is 13.2 Å². The normalized spacial score (nSPS) is 22.4. The van der Waals surface area contributed by atoms with Gasteiger partial charge in [0.05, 0.1) is 18.8 Å². The summed E-state index contributed by atoms with van der Waals surface area (Å²) in [5.41, 5.74) is 2.43. The molecule has 2 aromatic rings. The first-order valence-corrected chi connectivity index (χ1v) is 9.39. The lowest BCUT2D eigenvalue weighted by Gasteiger charge is -2.41. The van der Waals surface area contributed by atoms with Crippen molar-refractivity contribution in [3.63, 3.8) is 0 Å². The summed E-state index contributed by atoms with van der Waals surface area (Å²) in [6.45, 7) is 4.79. The third-order valence-corrected chi connectivity index (χ3v) is 5.26. The molecule has 3 rings (SSSR count). The minimum atomic E-state index is -0.439. The molecule has 0 radical (unpaired) electrons. The van der Waals surface area contributed by atoms with Crippen LogP contribution in [0.25, 0.3) is 0 Å². The first-order chi connectivity index (χ1) is 13.5. The Morgan fingerprint density at radius 3 is 2.43 bits per heavy atom. The quantitative estimate of drug-likeness (QED) is 0.406. The van der Waals surface area contributed by atoms with Gasteiger partial charge >= 0.3 is 0 Å². The molecular formula is C23H27NO4. The van der Waals surface area contributed by atoms with E-state index in [1.807, 2.05) is 74.5 Å². The highest BCUT2D eigenvalue weighted by Crippen LogP contribution is 2.38. The van der Waals surface area contributed by atoms with E-state index < -0.39 is 6.10 Å². The molecule has 1 unspecified atom stereocenters. The van der Waals surface area contributed by atoms with E-state index >= 15 is 0 Å². The molecule has 28 heavy (non-hydrogen) atoms. The summed E-state index contributed by atoms with van der Waals surface area (Å²) in [6.07, 6.45) is 3.29. The second-order valence-electron chi connectivity index (χ2n) is 7.14. The van der Waals surface area contributed by atoms with Crippen molar-refractivity contribution in [3.05, 3.63) is 77.9 Å². The molecule has 0 aliphatic heterocycles. The molecule has 0 bridgehead atoms. The van der Waals surface area contributed by atoms with Crippen molar-refractivity contribution in [2.45, 2.75) is 32.7 Å². The van der Waals surface area contributed by atoms with Gasteiger partial charge in [-0.15, -0.1) is 0 Å². The van der Waals surface area contributed by atoms with Crippen LogP contribution >= 0.6 is 0 Å². The average Bonchev–Trinajstić information content (AvgIpc) is 2.74. The van der Waals surface area contributed by atoms with E-state index in [9.17, 15) is 5.11 Å². The fourth-order valence-corrected chi connectivity index (χ4v) is 3.00. The van der Waals surface area contributed by atoms with Gasteiger partial charge in [0.1, 0.15) is 25.2 Å². The summed E-state index contributed by atoms with van der Waals surface area (Å²) < 4.78 is 11.8. The molecule has 148 valence electrons. The molecule has 0 saturated carbocycles. The van der Waals surface area contributed by atoms with Crippen LogP contribution in [0.1, 0.15) is 25.0 Å². The number of nitrogens with zero attached hydrogens (tertiary/aromatic N) is 1. The summed E-state index contributed by atoms with van der Waals surface area (Å²) >= 11 is 0. The Kier molecular flexibility index (Phi) is 6.49. The Balaban J connectivity index is 1.53. The SMILES string of the molecule is CO/N=C(\COc1ccc(CO[C@@H](C)[C@]2(C)C=CC2O)cc1)c1ccccc1. The highest BCUT2D eigenvalue weighted by Gasteiger charge is 2.41. The molecule has 1 aliphatic carbocycles. The van der Waals surface area contributed by atoms with Crippen LogP contribution in [-0.2, 0) is 16.2 Å². The Morgan fingerprint density at radius 2 is 1.86 bits per heavy atom. The van der Waals surface area contributed by atoms with Gasteiger partial charge < -0.3 is 19.4 Å². The minimum absolute atomic E-state index is 0.0675. The number of aliphatic hydroxyl groups is 1. The van der Waals surface area contributed by atoms with E-state index in [2.05, 4.69) is 5.16 Å². The van der Waals surface area contributed by atoms with E-state index in [1.54, 1.807) is 6.08 Å². The fourth-order valence-electron chi connectivity index (χ4n) is 3.00. The van der Waals surface area contributed by atoms with Crippen molar-refractivity contribution in [2.24, 2.45) is 10.6 Å². The molecule has 1 aliphatic rings. The van der Waals surface area contributed by atoms with E-state index in [1.165, 1.54) is 7.11 Å². The molecule has 0 spiro atoms. The van der Waals surface area contributed by atoms with Crippen LogP contribution in [0.3, 0.4) is 0 Å². The smallest absolute Gasteiger partial charge is 0.134 e. The van der Waals surface area contributed by atoms with Crippen LogP contribution in [0, 0.1) is 5.41 Å². The number of rotatable bonds is 9. The molecule has 5 heteroatoms. The highest BCUT2D eigenvalue weighted by atomic mass is 16.6. The largest absolute Gasteiger partial charge is 0.487 e. The minimum Gasteiger partial charge on any atom is -0.487 e. The van der Waals surface area contributed by atoms with Gasteiger partial charge in [0.25, 0.3) is 0 Å². The molecule has 5 nitrogen and oxygen atoms in total. The van der Waals surface area contributed by atoms with Crippen molar-refractivity contribution in [2.75, 3.05) is 13.7 Å². The van der Waals surface area contributed by atoms with Gasteiger partial charge in [0.15, 0.2) is 0 Å². The molecule has 0 amide bonds. The molecule has 0 saturated heterocycles. The predicted molar refractivity (Wildman–Crippen MR) is 109 cm³/mol. The van der Waals surface area contributed by atoms with Crippen LogP contribution in [0.5, 0.6) is 5.75 Å². The molecule has 0 heterocycles. The van der Waals surface area contributed by atoms with E-state index in [-0.39, 0.29) is 11.5 Å². The van der Waals surface area contributed by atoms with Crippen molar-refractivity contribution in [1.82, 2.24) is 0 Å². The predicted octanol–water partition coefficient (Wildman–Crippen LogP) is 3.96. The van der Waals surface area contributed by atoms with Crippen LogP contribution in [0.4, 0.5) is 0 Å². The van der Waals surface area contributed by atoms with Crippen LogP contribution in [-0.4, -0.2) is 36.7 Å². The maximum Gasteiger partial charge on any atom is 0.134 e. The fraction of sp³-hybridized carbons (Fsp3) is 0.348. The van der Waals surface area contributed by atoms with E-state index in [4.69, 9.17) is 14.3 Å². The Morgan fingerprint density at radius 1 is 1.14 bits per heavy atom. The number of ether oxygens (including phenoxy) is 2. The molecule has 3 atom stereocenters. The van der Waals surface area contributed by atoms with Gasteiger partial charge in [-0.05, 0) is 24.6 Å². The maximum absolute atomic E-state index is 9.89. The monoisotopic (exact) mass is 381 g/mol. The molecule has 1 N–H and O–H groups in total. The Bertz CT molecular complexity index is 816. The number of aliphatic hydroxyl groups excluding tert-OH is 1. The van der Waals surface area contributed by atoms with Gasteiger partial charge in [-0.2, -0.15) is 0 Å². The lowest BCUT2D eigenvalue weighted by molar-refractivity contribution is -0.0653. The second kappa shape index (κ2) is 9.04. The molecule has 0 aromatic heterocycles. The number of oxime groups is 1. The number of benzene rings is 2. The van der Waals surface area contributed by atoms with Gasteiger partial charge in [-0.1, -0.05) is 66.7 Å². The lowest BCUT2D eigenvalue weighted by atomic mass is 9.71. The number of hydrogen-bond donors (Lipinski definition) is 1. The van der Waals surface area contributed by atoms with E-state index in [0.717, 1.165) is 22.6 Å².